The molecule has 3 N–H and O–H groups in total. The lowest BCUT2D eigenvalue weighted by Crippen LogP contribution is -2.34. The van der Waals surface area contributed by atoms with Crippen molar-refractivity contribution in [3.63, 3.8) is 0 Å². The summed E-state index contributed by atoms with van der Waals surface area (Å²) in [6.07, 6.45) is 2.39. The number of carbonyl (C=O) groups excluding carboxylic acids is 1. The number of ether oxygens (including phenoxy) is 1. The smallest absolute Gasteiger partial charge is 0.419 e. The molecular weight excluding hydrogens is 442 g/mol. The molecule has 0 fully saturated rings. The molecule has 9 heteroatoms. The average Bonchev–Trinajstić information content (AvgIpc) is 3.22. The molecule has 0 unspecified atom stereocenters. The van der Waals surface area contributed by atoms with E-state index in [4.69, 9.17) is 10.5 Å². The SMILES string of the molecule is Cn1cc(-c2cc(N)ccc2N(C(=O)OC(C)(C)C)c2ccc(F)cc2F)c2cc[nH]c2c1=O. The number of H-pyrrole nitrogens is 1. The van der Waals surface area contributed by atoms with Gasteiger partial charge in [0.2, 0.25) is 0 Å². The van der Waals surface area contributed by atoms with Crippen molar-refractivity contribution in [2.45, 2.75) is 26.4 Å². The van der Waals surface area contributed by atoms with Gasteiger partial charge < -0.3 is 20.0 Å². The zero-order chi connectivity index (χ0) is 24.8. The quantitative estimate of drug-likeness (QED) is 0.392. The normalized spacial score (nSPS) is 11.6. The first-order chi connectivity index (χ1) is 16.0. The lowest BCUT2D eigenvalue weighted by molar-refractivity contribution is 0.0598. The molecule has 0 bridgehead atoms. The number of aryl methyl sites for hydroxylation is 1. The van der Waals surface area contributed by atoms with E-state index in [-0.39, 0.29) is 16.9 Å². The third kappa shape index (κ3) is 4.24. The number of aromatic nitrogens is 2. The molecule has 4 rings (SSSR count). The second kappa shape index (κ2) is 8.33. The van der Waals surface area contributed by atoms with Gasteiger partial charge in [0.05, 0.1) is 11.4 Å². The molecule has 0 radical (unpaired) electrons. The summed E-state index contributed by atoms with van der Waals surface area (Å²) < 4.78 is 35.6. The highest BCUT2D eigenvalue weighted by Gasteiger charge is 2.30. The minimum absolute atomic E-state index is 0.197. The zero-order valence-corrected chi connectivity index (χ0v) is 19.1. The molecule has 2 heterocycles. The molecule has 0 aliphatic carbocycles. The van der Waals surface area contributed by atoms with Gasteiger partial charge in [0, 0.05) is 47.7 Å². The number of pyridine rings is 1. The number of hydrogen-bond acceptors (Lipinski definition) is 4. The lowest BCUT2D eigenvalue weighted by Gasteiger charge is -2.29. The van der Waals surface area contributed by atoms with Crippen LogP contribution in [-0.4, -0.2) is 21.2 Å². The Kier molecular flexibility index (Phi) is 5.64. The molecule has 34 heavy (non-hydrogen) atoms. The van der Waals surface area contributed by atoms with Gasteiger partial charge in [-0.3, -0.25) is 4.79 Å². The number of rotatable bonds is 3. The van der Waals surface area contributed by atoms with Gasteiger partial charge in [-0.05, 0) is 57.2 Å². The van der Waals surface area contributed by atoms with Gasteiger partial charge in [-0.1, -0.05) is 0 Å². The Morgan fingerprint density at radius 3 is 2.44 bits per heavy atom. The van der Waals surface area contributed by atoms with E-state index in [0.717, 1.165) is 11.0 Å². The maximum absolute atomic E-state index is 14.9. The molecule has 176 valence electrons. The molecule has 0 saturated carbocycles. The number of hydrogen-bond donors (Lipinski definition) is 2. The van der Waals surface area contributed by atoms with Gasteiger partial charge in [-0.25, -0.2) is 18.5 Å². The Hall–Kier alpha value is -4.14. The first kappa shape index (κ1) is 23.0. The monoisotopic (exact) mass is 466 g/mol. The van der Waals surface area contributed by atoms with E-state index in [1.165, 1.54) is 10.6 Å². The van der Waals surface area contributed by atoms with Crippen molar-refractivity contribution >= 4 is 34.1 Å². The van der Waals surface area contributed by atoms with Gasteiger partial charge in [0.1, 0.15) is 22.8 Å². The molecule has 0 aliphatic rings. The van der Waals surface area contributed by atoms with E-state index < -0.39 is 23.3 Å². The summed E-state index contributed by atoms with van der Waals surface area (Å²) in [6, 6.07) is 9.40. The van der Waals surface area contributed by atoms with Crippen molar-refractivity contribution in [3.05, 3.63) is 76.8 Å². The molecule has 2 aromatic carbocycles. The highest BCUT2D eigenvalue weighted by molar-refractivity contribution is 6.05. The molecule has 0 saturated heterocycles. The third-order valence-corrected chi connectivity index (χ3v) is 5.17. The number of aromatic amines is 1. The van der Waals surface area contributed by atoms with Crippen molar-refractivity contribution in [2.24, 2.45) is 7.05 Å². The fourth-order valence-electron chi connectivity index (χ4n) is 3.74. The Balaban J connectivity index is 2.03. The zero-order valence-electron chi connectivity index (χ0n) is 19.1. The number of halogens is 2. The third-order valence-electron chi connectivity index (χ3n) is 5.17. The number of fused-ring (bicyclic) bond motifs is 1. The van der Waals surface area contributed by atoms with Crippen molar-refractivity contribution in [1.82, 2.24) is 9.55 Å². The second-order valence-corrected chi connectivity index (χ2v) is 8.91. The van der Waals surface area contributed by atoms with Crippen LogP contribution in [0.4, 0.5) is 30.6 Å². The van der Waals surface area contributed by atoms with Crippen LogP contribution in [-0.2, 0) is 11.8 Å². The summed E-state index contributed by atoms with van der Waals surface area (Å²) in [5.41, 5.74) is 6.80. The van der Waals surface area contributed by atoms with Crippen molar-refractivity contribution in [2.75, 3.05) is 10.6 Å². The number of benzene rings is 2. The Morgan fingerprint density at radius 2 is 1.76 bits per heavy atom. The molecule has 1 amide bonds. The number of anilines is 3. The molecule has 4 aromatic rings. The number of nitrogens with one attached hydrogen (secondary N) is 1. The predicted molar refractivity (Wildman–Crippen MR) is 128 cm³/mol. The summed E-state index contributed by atoms with van der Waals surface area (Å²) >= 11 is 0. The van der Waals surface area contributed by atoms with E-state index in [2.05, 4.69) is 4.98 Å². The van der Waals surface area contributed by atoms with E-state index in [1.807, 2.05) is 0 Å². The Morgan fingerprint density at radius 1 is 1.06 bits per heavy atom. The Labute approximate surface area is 194 Å². The number of amides is 1. The van der Waals surface area contributed by atoms with Gasteiger partial charge in [0.15, 0.2) is 0 Å². The molecular formula is C25H24F2N4O3. The summed E-state index contributed by atoms with van der Waals surface area (Å²) in [4.78, 5) is 29.9. The number of carbonyl (C=O) groups is 1. The summed E-state index contributed by atoms with van der Waals surface area (Å²) in [6.45, 7) is 5.05. The molecule has 0 spiro atoms. The van der Waals surface area contributed by atoms with E-state index in [9.17, 15) is 18.4 Å². The Bertz CT molecular complexity index is 1470. The minimum atomic E-state index is -0.944. The minimum Gasteiger partial charge on any atom is -0.443 e. The van der Waals surface area contributed by atoms with Crippen LogP contribution < -0.4 is 16.2 Å². The molecule has 7 nitrogen and oxygen atoms in total. The molecule has 2 aromatic heterocycles. The predicted octanol–water partition coefficient (Wildman–Crippen LogP) is 5.47. The van der Waals surface area contributed by atoms with Crippen LogP contribution in [0.2, 0.25) is 0 Å². The van der Waals surface area contributed by atoms with Gasteiger partial charge in [0.25, 0.3) is 5.56 Å². The van der Waals surface area contributed by atoms with Gasteiger partial charge in [-0.15, -0.1) is 0 Å². The fraction of sp³-hybridized carbons (Fsp3) is 0.200. The topological polar surface area (TPSA) is 93.3 Å². The lowest BCUT2D eigenvalue weighted by atomic mass is 10.00. The maximum atomic E-state index is 14.9. The van der Waals surface area contributed by atoms with Crippen LogP contribution in [0.3, 0.4) is 0 Å². The van der Waals surface area contributed by atoms with Gasteiger partial charge in [-0.2, -0.15) is 0 Å². The standard InChI is InChI=1S/C25H24F2N4O3/c1-25(2,3)34-24(33)31(21-7-5-14(26)11-19(21)27)20-8-6-15(28)12-17(20)18-13-30(4)23(32)22-16(18)9-10-29-22/h5-13,29H,28H2,1-4H3. The summed E-state index contributed by atoms with van der Waals surface area (Å²) in [7, 11) is 1.60. The maximum Gasteiger partial charge on any atom is 0.419 e. The second-order valence-electron chi connectivity index (χ2n) is 8.91. The van der Waals surface area contributed by atoms with Crippen molar-refractivity contribution < 1.29 is 18.3 Å². The first-order valence-electron chi connectivity index (χ1n) is 10.5. The van der Waals surface area contributed by atoms with Crippen LogP contribution >= 0.6 is 0 Å². The van der Waals surface area contributed by atoms with Crippen LogP contribution in [0.5, 0.6) is 0 Å². The van der Waals surface area contributed by atoms with Crippen LogP contribution in [0.1, 0.15) is 20.8 Å². The van der Waals surface area contributed by atoms with Crippen LogP contribution in [0.25, 0.3) is 22.0 Å². The van der Waals surface area contributed by atoms with Crippen LogP contribution in [0.15, 0.2) is 59.7 Å². The van der Waals surface area contributed by atoms with E-state index in [1.54, 1.807) is 64.5 Å². The van der Waals surface area contributed by atoms with Gasteiger partial charge >= 0.3 is 6.09 Å². The summed E-state index contributed by atoms with van der Waals surface area (Å²) in [5.74, 6) is -1.73. The number of nitrogen functional groups attached to an aromatic ring is 1. The number of nitrogens with zero attached hydrogens (tertiary/aromatic N) is 2. The van der Waals surface area contributed by atoms with Crippen LogP contribution in [0, 0.1) is 11.6 Å². The number of nitrogens with two attached hydrogens (primary N) is 1. The largest absolute Gasteiger partial charge is 0.443 e. The van der Waals surface area contributed by atoms with E-state index >= 15 is 0 Å². The molecule has 0 aliphatic heterocycles. The van der Waals surface area contributed by atoms with E-state index in [0.29, 0.717) is 33.8 Å². The first-order valence-corrected chi connectivity index (χ1v) is 10.5. The van der Waals surface area contributed by atoms with Crippen molar-refractivity contribution in [3.8, 4) is 11.1 Å². The highest BCUT2D eigenvalue weighted by Crippen LogP contribution is 2.40. The molecule has 0 atom stereocenters. The van der Waals surface area contributed by atoms with Crippen molar-refractivity contribution in [1.29, 1.82) is 0 Å². The summed E-state index contributed by atoms with van der Waals surface area (Å²) in [5, 5.41) is 0.596. The average molecular weight is 466 g/mol. The fourth-order valence-corrected chi connectivity index (χ4v) is 3.74. The highest BCUT2D eigenvalue weighted by atomic mass is 19.1.